The van der Waals surface area contributed by atoms with Crippen LogP contribution in [-0.2, 0) is 10.0 Å². The predicted octanol–water partition coefficient (Wildman–Crippen LogP) is 3.65. The molecule has 1 aromatic heterocycles. The Morgan fingerprint density at radius 2 is 2.18 bits per heavy atom. The van der Waals surface area contributed by atoms with Crippen molar-refractivity contribution in [2.24, 2.45) is 5.10 Å². The summed E-state index contributed by atoms with van der Waals surface area (Å²) in [5.41, 5.74) is 2.09. The van der Waals surface area contributed by atoms with Crippen LogP contribution in [0, 0.1) is 5.82 Å². The van der Waals surface area contributed by atoms with Crippen molar-refractivity contribution < 1.29 is 12.8 Å². The number of thiophene rings is 1. The summed E-state index contributed by atoms with van der Waals surface area (Å²) in [5, 5.41) is 8.04. The first-order chi connectivity index (χ1) is 10.4. The van der Waals surface area contributed by atoms with Gasteiger partial charge in [0.05, 0.1) is 23.0 Å². The van der Waals surface area contributed by atoms with Gasteiger partial charge in [0.15, 0.2) is 0 Å². The molecule has 0 bridgehead atoms. The van der Waals surface area contributed by atoms with E-state index in [0.717, 1.165) is 16.2 Å². The lowest BCUT2D eigenvalue weighted by molar-refractivity contribution is 0.373. The molecule has 0 N–H and O–H groups in total. The number of nitrogens with zero attached hydrogens (tertiary/aromatic N) is 2. The largest absolute Gasteiger partial charge is 0.247 e. The average molecular weight is 359 g/mol. The molecule has 116 valence electrons. The van der Waals surface area contributed by atoms with Crippen molar-refractivity contribution in [1.29, 1.82) is 0 Å². The summed E-state index contributed by atoms with van der Waals surface area (Å²) in [6.07, 6.45) is 1.48. The fraction of sp³-hybridized carbons (Fsp3) is 0.214. The van der Waals surface area contributed by atoms with E-state index in [1.165, 1.54) is 23.5 Å². The van der Waals surface area contributed by atoms with Crippen molar-refractivity contribution in [3.8, 4) is 0 Å². The molecule has 8 heteroatoms. The summed E-state index contributed by atoms with van der Waals surface area (Å²) < 4.78 is 38.7. The maximum absolute atomic E-state index is 13.7. The molecule has 0 amide bonds. The summed E-state index contributed by atoms with van der Waals surface area (Å²) >= 11 is 7.20. The fourth-order valence-electron chi connectivity index (χ4n) is 2.37. The smallest absolute Gasteiger partial charge is 0.205 e. The second-order valence-electron chi connectivity index (χ2n) is 4.99. The van der Waals surface area contributed by atoms with Crippen molar-refractivity contribution in [1.82, 2.24) is 4.41 Å². The lowest BCUT2D eigenvalue weighted by Gasteiger charge is -2.21. The Kier molecular flexibility index (Phi) is 3.96. The van der Waals surface area contributed by atoms with Crippen molar-refractivity contribution in [2.45, 2.75) is 12.5 Å². The van der Waals surface area contributed by atoms with E-state index in [0.29, 0.717) is 17.7 Å². The van der Waals surface area contributed by atoms with Gasteiger partial charge in [0.1, 0.15) is 5.82 Å². The van der Waals surface area contributed by atoms with Gasteiger partial charge in [0, 0.05) is 12.0 Å². The number of halogens is 2. The molecule has 3 rings (SSSR count). The molecule has 1 unspecified atom stereocenters. The van der Waals surface area contributed by atoms with E-state index in [-0.39, 0.29) is 5.02 Å². The van der Waals surface area contributed by atoms with E-state index in [2.05, 4.69) is 5.10 Å². The minimum Gasteiger partial charge on any atom is -0.205 e. The van der Waals surface area contributed by atoms with E-state index in [4.69, 9.17) is 11.6 Å². The second-order valence-corrected chi connectivity index (χ2v) is 8.02. The van der Waals surface area contributed by atoms with Crippen molar-refractivity contribution in [3.63, 3.8) is 0 Å². The SMILES string of the molecule is CS(=O)(=O)N1N=C(c2ccsc2)CC1c1ccc(Cl)c(F)c1. The highest BCUT2D eigenvalue weighted by atomic mass is 35.5. The number of benzene rings is 1. The number of hydrazone groups is 1. The summed E-state index contributed by atoms with van der Waals surface area (Å²) in [6, 6.07) is 5.64. The molecule has 0 saturated carbocycles. The topological polar surface area (TPSA) is 49.7 Å². The van der Waals surface area contributed by atoms with Gasteiger partial charge in [-0.25, -0.2) is 12.8 Å². The number of sulfonamides is 1. The molecule has 1 aliphatic rings. The van der Waals surface area contributed by atoms with Crippen LogP contribution >= 0.6 is 22.9 Å². The molecular formula is C14H12ClFN2O2S2. The first-order valence-corrected chi connectivity index (χ1v) is 9.57. The normalized spacial score (nSPS) is 18.6. The van der Waals surface area contributed by atoms with Gasteiger partial charge in [-0.3, -0.25) is 0 Å². The van der Waals surface area contributed by atoms with Gasteiger partial charge in [-0.05, 0) is 34.5 Å². The lowest BCUT2D eigenvalue weighted by Crippen LogP contribution is -2.26. The third-order valence-corrected chi connectivity index (χ3v) is 5.40. The second kappa shape index (κ2) is 5.64. The van der Waals surface area contributed by atoms with Gasteiger partial charge in [-0.1, -0.05) is 17.7 Å². The standard InChI is InChI=1S/C14H12ClFN2O2S2/c1-22(19,20)18-14(9-2-3-11(15)12(16)6-9)7-13(17-18)10-4-5-21-8-10/h2-6,8,14H,7H2,1H3. The number of hydrogen-bond donors (Lipinski definition) is 0. The molecule has 22 heavy (non-hydrogen) atoms. The zero-order chi connectivity index (χ0) is 15.9. The Balaban J connectivity index is 2.02. The van der Waals surface area contributed by atoms with Gasteiger partial charge >= 0.3 is 0 Å². The summed E-state index contributed by atoms with van der Waals surface area (Å²) in [7, 11) is -3.55. The van der Waals surface area contributed by atoms with Crippen LogP contribution in [0.2, 0.25) is 5.02 Å². The third kappa shape index (κ3) is 2.88. The van der Waals surface area contributed by atoms with E-state index in [1.54, 1.807) is 6.07 Å². The molecule has 1 atom stereocenters. The molecule has 1 aliphatic heterocycles. The Labute approximate surface area is 136 Å². The monoisotopic (exact) mass is 358 g/mol. The van der Waals surface area contributed by atoms with Gasteiger partial charge in [-0.2, -0.15) is 20.9 Å². The van der Waals surface area contributed by atoms with Gasteiger partial charge in [0.25, 0.3) is 0 Å². The zero-order valence-electron chi connectivity index (χ0n) is 11.5. The lowest BCUT2D eigenvalue weighted by atomic mass is 10.0. The van der Waals surface area contributed by atoms with E-state index >= 15 is 0 Å². The van der Waals surface area contributed by atoms with Crippen LogP contribution in [0.4, 0.5) is 4.39 Å². The average Bonchev–Trinajstić information content (AvgIpc) is 3.08. The van der Waals surface area contributed by atoms with Crippen molar-refractivity contribution in [2.75, 3.05) is 6.26 Å². The summed E-state index contributed by atoms with van der Waals surface area (Å²) in [4.78, 5) is 0. The first-order valence-electron chi connectivity index (χ1n) is 6.40. The number of rotatable bonds is 3. The molecular weight excluding hydrogens is 347 g/mol. The molecule has 0 aliphatic carbocycles. The molecule has 1 aromatic carbocycles. The zero-order valence-corrected chi connectivity index (χ0v) is 13.9. The predicted molar refractivity (Wildman–Crippen MR) is 86.3 cm³/mol. The molecule has 0 fully saturated rings. The Morgan fingerprint density at radius 3 is 2.77 bits per heavy atom. The molecule has 2 heterocycles. The highest BCUT2D eigenvalue weighted by Crippen LogP contribution is 2.35. The molecule has 0 radical (unpaired) electrons. The van der Waals surface area contributed by atoms with Gasteiger partial charge < -0.3 is 0 Å². The first kappa shape index (κ1) is 15.5. The van der Waals surface area contributed by atoms with Crippen LogP contribution in [0.5, 0.6) is 0 Å². The maximum Gasteiger partial charge on any atom is 0.247 e. The minimum atomic E-state index is -3.55. The Hall–Kier alpha value is -1.44. The van der Waals surface area contributed by atoms with Gasteiger partial charge in [-0.15, -0.1) is 0 Å². The Morgan fingerprint density at radius 1 is 1.41 bits per heavy atom. The van der Waals surface area contributed by atoms with Crippen LogP contribution in [0.25, 0.3) is 0 Å². The Bertz CT molecular complexity index is 835. The van der Waals surface area contributed by atoms with E-state index in [1.807, 2.05) is 16.8 Å². The fourth-order valence-corrected chi connectivity index (χ4v) is 4.05. The molecule has 0 spiro atoms. The van der Waals surface area contributed by atoms with E-state index < -0.39 is 21.9 Å². The number of hydrogen-bond acceptors (Lipinski definition) is 4. The van der Waals surface area contributed by atoms with E-state index in [9.17, 15) is 12.8 Å². The molecule has 0 saturated heterocycles. The van der Waals surface area contributed by atoms with Crippen molar-refractivity contribution >= 4 is 38.7 Å². The van der Waals surface area contributed by atoms with Crippen molar-refractivity contribution in [3.05, 3.63) is 57.0 Å². The minimum absolute atomic E-state index is 0.00614. The highest BCUT2D eigenvalue weighted by molar-refractivity contribution is 7.88. The van der Waals surface area contributed by atoms with Crippen LogP contribution in [0.1, 0.15) is 23.6 Å². The van der Waals surface area contributed by atoms with Crippen LogP contribution < -0.4 is 0 Å². The summed E-state index contributed by atoms with van der Waals surface area (Å²) in [5.74, 6) is -0.573. The quantitative estimate of drug-likeness (QED) is 0.840. The maximum atomic E-state index is 13.7. The molecule has 4 nitrogen and oxygen atoms in total. The van der Waals surface area contributed by atoms with Crippen LogP contribution in [0.15, 0.2) is 40.1 Å². The summed E-state index contributed by atoms with van der Waals surface area (Å²) in [6.45, 7) is 0. The van der Waals surface area contributed by atoms with Crippen LogP contribution in [-0.4, -0.2) is 24.8 Å². The van der Waals surface area contributed by atoms with Gasteiger partial charge in [0.2, 0.25) is 10.0 Å². The van der Waals surface area contributed by atoms with Crippen LogP contribution in [0.3, 0.4) is 0 Å². The molecule has 2 aromatic rings. The third-order valence-electron chi connectivity index (χ3n) is 3.40. The highest BCUT2D eigenvalue weighted by Gasteiger charge is 2.34.